The molecule has 0 spiro atoms. The molecular formula is C10H14N2O. The fourth-order valence-corrected chi connectivity index (χ4v) is 0.983. The lowest BCUT2D eigenvalue weighted by atomic mass is 10.2. The van der Waals surface area contributed by atoms with Gasteiger partial charge in [0.15, 0.2) is 0 Å². The van der Waals surface area contributed by atoms with Crippen LogP contribution in [0.15, 0.2) is 24.5 Å². The molecule has 3 nitrogen and oxygen atoms in total. The van der Waals surface area contributed by atoms with E-state index in [1.165, 1.54) is 6.20 Å². The van der Waals surface area contributed by atoms with Crippen LogP contribution in [0.1, 0.15) is 12.0 Å². The highest BCUT2D eigenvalue weighted by Gasteiger charge is 1.89. The van der Waals surface area contributed by atoms with Crippen molar-refractivity contribution in [1.82, 2.24) is 10.3 Å². The fraction of sp³-hybridized carbons (Fsp3) is 0.300. The first-order chi connectivity index (χ1) is 6.33. The molecule has 0 amide bonds. The van der Waals surface area contributed by atoms with Crippen LogP contribution in [0.4, 0.5) is 0 Å². The molecule has 0 radical (unpaired) electrons. The molecule has 0 fully saturated rings. The third-order valence-corrected chi connectivity index (χ3v) is 1.62. The van der Waals surface area contributed by atoms with E-state index in [1.54, 1.807) is 12.3 Å². The Morgan fingerprint density at radius 2 is 2.38 bits per heavy atom. The second-order valence-corrected chi connectivity index (χ2v) is 2.77. The number of pyridine rings is 1. The second kappa shape index (κ2) is 5.32. The molecule has 1 rings (SSSR count). The molecule has 70 valence electrons. The highest BCUT2D eigenvalue weighted by molar-refractivity contribution is 5.49. The monoisotopic (exact) mass is 178 g/mol. The smallest absolute Gasteiger partial charge is 0.134 e. The molecule has 0 saturated heterocycles. The third-order valence-electron chi connectivity index (χ3n) is 1.62. The van der Waals surface area contributed by atoms with Crippen LogP contribution in [0.3, 0.4) is 0 Å². The Hall–Kier alpha value is -1.35. The summed E-state index contributed by atoms with van der Waals surface area (Å²) >= 11 is 0. The first-order valence-corrected chi connectivity index (χ1v) is 4.28. The van der Waals surface area contributed by atoms with Gasteiger partial charge in [-0.25, -0.2) is 0 Å². The van der Waals surface area contributed by atoms with Gasteiger partial charge in [-0.3, -0.25) is 4.98 Å². The van der Waals surface area contributed by atoms with E-state index in [9.17, 15) is 0 Å². The lowest BCUT2D eigenvalue weighted by Gasteiger charge is -1.94. The Morgan fingerprint density at radius 3 is 3.08 bits per heavy atom. The summed E-state index contributed by atoms with van der Waals surface area (Å²) in [5.74, 6) is 0.204. The summed E-state index contributed by atoms with van der Waals surface area (Å²) in [6.45, 7) is 0.961. The molecule has 0 atom stereocenters. The van der Waals surface area contributed by atoms with E-state index in [0.29, 0.717) is 0 Å². The molecule has 3 heteroatoms. The van der Waals surface area contributed by atoms with Crippen molar-refractivity contribution in [2.24, 2.45) is 0 Å². The molecule has 0 aliphatic heterocycles. The van der Waals surface area contributed by atoms with Crippen LogP contribution in [-0.4, -0.2) is 23.7 Å². The van der Waals surface area contributed by atoms with E-state index in [0.717, 1.165) is 18.5 Å². The molecule has 0 aromatic carbocycles. The van der Waals surface area contributed by atoms with Gasteiger partial charge in [-0.05, 0) is 31.6 Å². The van der Waals surface area contributed by atoms with Gasteiger partial charge in [0, 0.05) is 6.20 Å². The first kappa shape index (κ1) is 9.74. The van der Waals surface area contributed by atoms with Gasteiger partial charge in [0.05, 0.1) is 6.20 Å². The number of nitrogens with one attached hydrogen (secondary N) is 1. The molecule has 0 aliphatic carbocycles. The van der Waals surface area contributed by atoms with Crippen LogP contribution in [0.2, 0.25) is 0 Å². The van der Waals surface area contributed by atoms with Gasteiger partial charge in [-0.1, -0.05) is 12.2 Å². The van der Waals surface area contributed by atoms with Gasteiger partial charge in [-0.2, -0.15) is 0 Å². The van der Waals surface area contributed by atoms with Crippen LogP contribution in [0, 0.1) is 0 Å². The Balaban J connectivity index is 2.48. The van der Waals surface area contributed by atoms with Crippen LogP contribution in [0.25, 0.3) is 6.08 Å². The molecule has 0 aliphatic rings. The molecule has 0 unspecified atom stereocenters. The molecular weight excluding hydrogens is 164 g/mol. The lowest BCUT2D eigenvalue weighted by molar-refractivity contribution is 0.472. The molecule has 13 heavy (non-hydrogen) atoms. The fourth-order valence-electron chi connectivity index (χ4n) is 0.983. The molecule has 2 N–H and O–H groups in total. The van der Waals surface area contributed by atoms with Crippen molar-refractivity contribution in [3.05, 3.63) is 30.1 Å². The summed E-state index contributed by atoms with van der Waals surface area (Å²) < 4.78 is 0. The van der Waals surface area contributed by atoms with Gasteiger partial charge in [0.1, 0.15) is 5.75 Å². The molecule has 1 aromatic heterocycles. The topological polar surface area (TPSA) is 45.2 Å². The maximum Gasteiger partial charge on any atom is 0.134 e. The maximum absolute atomic E-state index is 9.11. The van der Waals surface area contributed by atoms with Crippen molar-refractivity contribution in [3.8, 4) is 5.75 Å². The Kier molecular flexibility index (Phi) is 3.99. The van der Waals surface area contributed by atoms with E-state index in [2.05, 4.69) is 10.3 Å². The van der Waals surface area contributed by atoms with Crippen LogP contribution in [-0.2, 0) is 0 Å². The van der Waals surface area contributed by atoms with E-state index in [1.807, 2.05) is 19.2 Å². The summed E-state index contributed by atoms with van der Waals surface area (Å²) in [5.41, 5.74) is 0.927. The zero-order valence-electron chi connectivity index (χ0n) is 7.70. The predicted octanol–water partition coefficient (Wildman–Crippen LogP) is 1.41. The van der Waals surface area contributed by atoms with E-state index in [4.69, 9.17) is 5.11 Å². The zero-order chi connectivity index (χ0) is 9.52. The molecule has 0 bridgehead atoms. The molecule has 1 heterocycles. The van der Waals surface area contributed by atoms with Crippen LogP contribution in [0.5, 0.6) is 5.75 Å². The van der Waals surface area contributed by atoms with Crippen LogP contribution < -0.4 is 5.32 Å². The predicted molar refractivity (Wildman–Crippen MR) is 53.5 cm³/mol. The van der Waals surface area contributed by atoms with Crippen LogP contribution >= 0.6 is 0 Å². The highest BCUT2D eigenvalue weighted by Crippen LogP contribution is 2.09. The summed E-state index contributed by atoms with van der Waals surface area (Å²) in [6.07, 6.45) is 8.11. The van der Waals surface area contributed by atoms with Crippen molar-refractivity contribution < 1.29 is 5.11 Å². The Morgan fingerprint density at radius 1 is 1.54 bits per heavy atom. The number of aromatic nitrogens is 1. The molecule has 1 aromatic rings. The standard InChI is InChI=1S/C10H14N2O/c1-11-5-3-2-4-9-6-10(13)8-12-7-9/h2,4,6-8,11,13H,3,5H2,1H3/b4-2+. The quantitative estimate of drug-likeness (QED) is 0.685. The van der Waals surface area contributed by atoms with Crippen molar-refractivity contribution in [1.29, 1.82) is 0 Å². The van der Waals surface area contributed by atoms with Gasteiger partial charge < -0.3 is 10.4 Å². The number of aromatic hydroxyl groups is 1. The number of nitrogens with zero attached hydrogens (tertiary/aromatic N) is 1. The van der Waals surface area contributed by atoms with Crippen molar-refractivity contribution in [2.45, 2.75) is 6.42 Å². The van der Waals surface area contributed by atoms with Gasteiger partial charge in [0.25, 0.3) is 0 Å². The van der Waals surface area contributed by atoms with E-state index >= 15 is 0 Å². The minimum absolute atomic E-state index is 0.204. The highest BCUT2D eigenvalue weighted by atomic mass is 16.3. The number of rotatable bonds is 4. The number of hydrogen-bond donors (Lipinski definition) is 2. The van der Waals surface area contributed by atoms with E-state index < -0.39 is 0 Å². The molecule has 0 saturated carbocycles. The second-order valence-electron chi connectivity index (χ2n) is 2.77. The zero-order valence-corrected chi connectivity index (χ0v) is 7.70. The Labute approximate surface area is 78.1 Å². The SMILES string of the molecule is CNCC/C=C/c1cncc(O)c1. The van der Waals surface area contributed by atoms with Gasteiger partial charge in [-0.15, -0.1) is 0 Å². The summed E-state index contributed by atoms with van der Waals surface area (Å²) in [7, 11) is 1.92. The first-order valence-electron chi connectivity index (χ1n) is 4.28. The average Bonchev–Trinajstić information content (AvgIpc) is 2.13. The summed E-state index contributed by atoms with van der Waals surface area (Å²) in [6, 6.07) is 1.68. The Bertz CT molecular complexity index is 284. The van der Waals surface area contributed by atoms with Gasteiger partial charge >= 0.3 is 0 Å². The van der Waals surface area contributed by atoms with Crippen molar-refractivity contribution in [3.63, 3.8) is 0 Å². The largest absolute Gasteiger partial charge is 0.506 e. The third kappa shape index (κ3) is 3.71. The normalized spacial score (nSPS) is 10.8. The summed E-state index contributed by atoms with van der Waals surface area (Å²) in [5, 5.41) is 12.2. The lowest BCUT2D eigenvalue weighted by Crippen LogP contribution is -2.05. The van der Waals surface area contributed by atoms with Gasteiger partial charge in [0.2, 0.25) is 0 Å². The minimum Gasteiger partial charge on any atom is -0.506 e. The van der Waals surface area contributed by atoms with E-state index in [-0.39, 0.29) is 5.75 Å². The minimum atomic E-state index is 0.204. The summed E-state index contributed by atoms with van der Waals surface area (Å²) in [4.78, 5) is 3.87. The average molecular weight is 178 g/mol. The number of hydrogen-bond acceptors (Lipinski definition) is 3. The maximum atomic E-state index is 9.11. The van der Waals surface area contributed by atoms with Crippen molar-refractivity contribution >= 4 is 6.08 Å². The van der Waals surface area contributed by atoms with Crippen molar-refractivity contribution in [2.75, 3.05) is 13.6 Å².